The summed E-state index contributed by atoms with van der Waals surface area (Å²) in [6.07, 6.45) is 1.88. The normalized spacial score (nSPS) is 14.5. The second-order valence-electron chi connectivity index (χ2n) is 9.08. The molecule has 2 aromatic heterocycles. The Balaban J connectivity index is 1.54. The zero-order valence-corrected chi connectivity index (χ0v) is 20.3. The van der Waals surface area contributed by atoms with Gasteiger partial charge >= 0.3 is 6.03 Å². The van der Waals surface area contributed by atoms with E-state index in [4.69, 9.17) is 5.10 Å². The lowest BCUT2D eigenvalue weighted by Gasteiger charge is -2.31. The van der Waals surface area contributed by atoms with Crippen LogP contribution in [0.5, 0.6) is 0 Å². The van der Waals surface area contributed by atoms with Gasteiger partial charge in [-0.05, 0) is 61.0 Å². The highest BCUT2D eigenvalue weighted by molar-refractivity contribution is 5.90. The average molecular weight is 514 g/mol. The fourth-order valence-corrected chi connectivity index (χ4v) is 4.95. The number of anilines is 1. The van der Waals surface area contributed by atoms with Crippen LogP contribution in [0.2, 0.25) is 0 Å². The summed E-state index contributed by atoms with van der Waals surface area (Å²) in [4.78, 5) is 15.3. The minimum atomic E-state index is -0.896. The van der Waals surface area contributed by atoms with Gasteiger partial charge in [0, 0.05) is 17.8 Å². The smallest absolute Gasteiger partial charge is 0.307 e. The highest BCUT2D eigenvalue weighted by atomic mass is 19.1. The van der Waals surface area contributed by atoms with Crippen LogP contribution >= 0.6 is 0 Å². The molecule has 1 atom stereocenters. The number of carbonyl (C=O) groups is 1. The maximum atomic E-state index is 14.5. The van der Waals surface area contributed by atoms with Gasteiger partial charge in [-0.15, -0.1) is 0 Å². The Morgan fingerprint density at radius 2 is 1.71 bits per heavy atom. The molecule has 0 radical (unpaired) electrons. The number of aromatic nitrogens is 3. The van der Waals surface area contributed by atoms with Crippen LogP contribution in [0.3, 0.4) is 0 Å². The third-order valence-corrected chi connectivity index (χ3v) is 6.68. The predicted octanol–water partition coefficient (Wildman–Crippen LogP) is 6.53. The largest absolute Gasteiger partial charge is 0.323 e. The molecule has 190 valence electrons. The molecule has 0 aliphatic carbocycles. The van der Waals surface area contributed by atoms with E-state index in [0.29, 0.717) is 23.0 Å². The molecule has 1 N–H and O–H groups in total. The Hall–Kier alpha value is -4.79. The molecule has 6 rings (SSSR count). The van der Waals surface area contributed by atoms with Crippen molar-refractivity contribution in [2.75, 3.05) is 5.32 Å². The zero-order valence-electron chi connectivity index (χ0n) is 20.3. The standard InChI is InChI=1S/C29H22F3N5O/c1-18-23-17-36(29(38)33-25-13-12-21(31)16-24(25)32)27(19-7-5-8-20(30)15-19)26-11-6-14-35(26)28(23)37(34-18)22-9-3-2-4-10-22/h2-16,27H,17H2,1H3,(H,33,38)/t27-/m1/s1. The van der Waals surface area contributed by atoms with Crippen LogP contribution in [0.25, 0.3) is 11.5 Å². The Bertz CT molecular complexity index is 1660. The van der Waals surface area contributed by atoms with Gasteiger partial charge in [-0.25, -0.2) is 22.6 Å². The fourth-order valence-electron chi connectivity index (χ4n) is 4.95. The van der Waals surface area contributed by atoms with Crippen molar-refractivity contribution in [2.45, 2.75) is 19.5 Å². The minimum absolute atomic E-state index is 0.103. The number of amides is 2. The zero-order chi connectivity index (χ0) is 26.4. The highest BCUT2D eigenvalue weighted by Crippen LogP contribution is 2.39. The van der Waals surface area contributed by atoms with Crippen molar-refractivity contribution >= 4 is 11.7 Å². The Morgan fingerprint density at radius 1 is 0.921 bits per heavy atom. The second-order valence-corrected chi connectivity index (χ2v) is 9.08. The van der Waals surface area contributed by atoms with Gasteiger partial charge in [-0.1, -0.05) is 30.3 Å². The summed E-state index contributed by atoms with van der Waals surface area (Å²) >= 11 is 0. The molecule has 9 heteroatoms. The van der Waals surface area contributed by atoms with E-state index in [9.17, 15) is 18.0 Å². The molecule has 38 heavy (non-hydrogen) atoms. The number of rotatable bonds is 3. The molecule has 0 saturated carbocycles. The third kappa shape index (κ3) is 4.02. The lowest BCUT2D eigenvalue weighted by Crippen LogP contribution is -2.38. The van der Waals surface area contributed by atoms with Crippen LogP contribution in [0.4, 0.5) is 23.7 Å². The number of nitrogens with one attached hydrogen (secondary N) is 1. The molecule has 3 aromatic carbocycles. The van der Waals surface area contributed by atoms with E-state index < -0.39 is 29.5 Å². The van der Waals surface area contributed by atoms with Gasteiger partial charge in [0.25, 0.3) is 0 Å². The lowest BCUT2D eigenvalue weighted by atomic mass is 10.0. The first-order valence-electron chi connectivity index (χ1n) is 12.0. The van der Waals surface area contributed by atoms with Crippen molar-refractivity contribution in [2.24, 2.45) is 0 Å². The molecule has 0 unspecified atom stereocenters. The maximum Gasteiger partial charge on any atom is 0.323 e. The molecule has 0 saturated heterocycles. The summed E-state index contributed by atoms with van der Waals surface area (Å²) < 4.78 is 46.1. The molecule has 6 nitrogen and oxygen atoms in total. The monoisotopic (exact) mass is 513 g/mol. The number of hydrogen-bond acceptors (Lipinski definition) is 2. The number of nitrogens with zero attached hydrogens (tertiary/aromatic N) is 4. The van der Waals surface area contributed by atoms with E-state index in [0.717, 1.165) is 23.1 Å². The van der Waals surface area contributed by atoms with Gasteiger partial charge in [0.1, 0.15) is 23.3 Å². The number of hydrogen-bond donors (Lipinski definition) is 1. The first kappa shape index (κ1) is 23.6. The number of aryl methyl sites for hydroxylation is 1. The topological polar surface area (TPSA) is 55.1 Å². The van der Waals surface area contributed by atoms with E-state index in [-0.39, 0.29) is 12.2 Å². The SMILES string of the molecule is Cc1nn(-c2ccccc2)c2c1CN(C(=O)Nc1ccc(F)cc1F)[C@H](c1cccc(F)c1)c1cccn1-2. The quantitative estimate of drug-likeness (QED) is 0.298. The van der Waals surface area contributed by atoms with Gasteiger partial charge in [-0.2, -0.15) is 5.10 Å². The molecule has 5 aromatic rings. The van der Waals surface area contributed by atoms with Crippen LogP contribution in [0, 0.1) is 24.4 Å². The molecule has 0 fully saturated rings. The van der Waals surface area contributed by atoms with E-state index in [1.165, 1.54) is 23.1 Å². The summed E-state index contributed by atoms with van der Waals surface area (Å²) in [5.74, 6) is -1.34. The molecule has 1 aliphatic heterocycles. The van der Waals surface area contributed by atoms with Gasteiger partial charge < -0.3 is 14.8 Å². The van der Waals surface area contributed by atoms with Crippen molar-refractivity contribution in [1.82, 2.24) is 19.2 Å². The Morgan fingerprint density at radius 3 is 2.47 bits per heavy atom. The Kier molecular flexibility index (Phi) is 5.75. The van der Waals surface area contributed by atoms with Crippen LogP contribution < -0.4 is 5.32 Å². The van der Waals surface area contributed by atoms with Gasteiger partial charge in [0.05, 0.1) is 35.3 Å². The predicted molar refractivity (Wildman–Crippen MR) is 137 cm³/mol. The van der Waals surface area contributed by atoms with Crippen LogP contribution in [0.15, 0.2) is 91.1 Å². The van der Waals surface area contributed by atoms with E-state index >= 15 is 0 Å². The van der Waals surface area contributed by atoms with Gasteiger partial charge in [0.2, 0.25) is 0 Å². The number of carbonyl (C=O) groups excluding carboxylic acids is 1. The fraction of sp³-hybridized carbons (Fsp3) is 0.103. The number of para-hydroxylation sites is 1. The van der Waals surface area contributed by atoms with Crippen LogP contribution in [-0.4, -0.2) is 25.3 Å². The van der Waals surface area contributed by atoms with E-state index in [1.807, 2.05) is 64.8 Å². The average Bonchev–Trinajstić information content (AvgIpc) is 3.46. The van der Waals surface area contributed by atoms with Gasteiger partial charge in [0.15, 0.2) is 0 Å². The molecule has 3 heterocycles. The highest BCUT2D eigenvalue weighted by Gasteiger charge is 2.36. The molecule has 2 amide bonds. The molecule has 0 bridgehead atoms. The first-order chi connectivity index (χ1) is 18.4. The molecule has 0 spiro atoms. The van der Waals surface area contributed by atoms with Crippen LogP contribution in [0.1, 0.15) is 28.6 Å². The van der Waals surface area contributed by atoms with Crippen molar-refractivity contribution in [1.29, 1.82) is 0 Å². The summed E-state index contributed by atoms with van der Waals surface area (Å²) in [6, 6.07) is 21.0. The number of fused-ring (bicyclic) bond motifs is 3. The van der Waals surface area contributed by atoms with Crippen molar-refractivity contribution in [3.8, 4) is 11.5 Å². The summed E-state index contributed by atoms with van der Waals surface area (Å²) in [6.45, 7) is 1.96. The molecular weight excluding hydrogens is 491 g/mol. The van der Waals surface area contributed by atoms with Gasteiger partial charge in [-0.3, -0.25) is 0 Å². The van der Waals surface area contributed by atoms with E-state index in [2.05, 4.69) is 5.32 Å². The summed E-state index contributed by atoms with van der Waals surface area (Å²) in [5.41, 5.74) is 3.40. The third-order valence-electron chi connectivity index (χ3n) is 6.68. The number of benzene rings is 3. The number of urea groups is 1. The maximum absolute atomic E-state index is 14.5. The lowest BCUT2D eigenvalue weighted by molar-refractivity contribution is 0.194. The molecular formula is C29H22F3N5O. The Labute approximate surface area is 216 Å². The van der Waals surface area contributed by atoms with Crippen molar-refractivity contribution in [3.05, 3.63) is 131 Å². The van der Waals surface area contributed by atoms with Crippen molar-refractivity contribution < 1.29 is 18.0 Å². The van der Waals surface area contributed by atoms with E-state index in [1.54, 1.807) is 12.1 Å². The van der Waals surface area contributed by atoms with Crippen LogP contribution in [-0.2, 0) is 6.54 Å². The minimum Gasteiger partial charge on any atom is -0.307 e. The summed E-state index contributed by atoms with van der Waals surface area (Å²) in [5, 5.41) is 7.35. The van der Waals surface area contributed by atoms with Crippen molar-refractivity contribution in [3.63, 3.8) is 0 Å². The summed E-state index contributed by atoms with van der Waals surface area (Å²) in [7, 11) is 0. The molecule has 1 aliphatic rings. The second kappa shape index (κ2) is 9.26. The number of halogens is 3. The first-order valence-corrected chi connectivity index (χ1v) is 12.0.